The number of benzene rings is 3. The van der Waals surface area contributed by atoms with Crippen molar-refractivity contribution in [1.82, 2.24) is 10.3 Å². The van der Waals surface area contributed by atoms with Crippen molar-refractivity contribution in [2.24, 2.45) is 0 Å². The fourth-order valence-corrected chi connectivity index (χ4v) is 3.33. The van der Waals surface area contributed by atoms with Gasteiger partial charge < -0.3 is 15.2 Å². The fourth-order valence-electron chi connectivity index (χ4n) is 3.33. The number of hydrogen-bond donors (Lipinski definition) is 2. The van der Waals surface area contributed by atoms with E-state index in [4.69, 9.17) is 4.74 Å². The van der Waals surface area contributed by atoms with Crippen molar-refractivity contribution >= 4 is 22.6 Å². The van der Waals surface area contributed by atoms with Crippen LogP contribution in [0, 0.1) is 0 Å². The monoisotopic (exact) mass is 426 g/mol. The van der Waals surface area contributed by atoms with Gasteiger partial charge in [-0.15, -0.1) is 0 Å². The van der Waals surface area contributed by atoms with Crippen LogP contribution in [-0.4, -0.2) is 28.0 Å². The van der Waals surface area contributed by atoms with Crippen LogP contribution in [0.25, 0.3) is 10.8 Å². The number of carbonyl (C=O) groups is 2. The van der Waals surface area contributed by atoms with Crippen LogP contribution in [0.1, 0.15) is 21.6 Å². The maximum atomic E-state index is 12.9. The molecular weight excluding hydrogens is 404 g/mol. The number of fused-ring (bicyclic) bond motifs is 1. The molecule has 0 bridgehead atoms. The lowest BCUT2D eigenvalue weighted by Gasteiger charge is -2.18. The summed E-state index contributed by atoms with van der Waals surface area (Å²) in [5.41, 5.74) is 1.85. The molecule has 0 spiro atoms. The van der Waals surface area contributed by atoms with Crippen molar-refractivity contribution in [2.45, 2.75) is 19.1 Å². The fraction of sp³-hybridized carbons (Fsp3) is 0.115. The summed E-state index contributed by atoms with van der Waals surface area (Å²) in [6.07, 6.45) is 1.85. The Hall–Kier alpha value is -4.19. The van der Waals surface area contributed by atoms with E-state index in [0.29, 0.717) is 0 Å². The molecule has 0 unspecified atom stereocenters. The Kier molecular flexibility index (Phi) is 6.41. The van der Waals surface area contributed by atoms with Crippen LogP contribution in [0.3, 0.4) is 0 Å². The van der Waals surface area contributed by atoms with Gasteiger partial charge in [-0.1, -0.05) is 66.7 Å². The lowest BCUT2D eigenvalue weighted by Crippen LogP contribution is -2.43. The predicted octanol–water partition coefficient (Wildman–Crippen LogP) is 4.02. The number of nitrogens with zero attached hydrogens (tertiary/aromatic N) is 1. The van der Waals surface area contributed by atoms with Crippen LogP contribution >= 0.6 is 0 Å². The van der Waals surface area contributed by atoms with Crippen LogP contribution < -0.4 is 5.32 Å². The molecule has 0 saturated carbocycles. The van der Waals surface area contributed by atoms with E-state index in [1.54, 1.807) is 24.4 Å². The Bertz CT molecular complexity index is 1220. The first kappa shape index (κ1) is 21.1. The molecule has 1 aromatic heterocycles. The Balaban J connectivity index is 1.51. The molecule has 0 radical (unpaired) electrons. The van der Waals surface area contributed by atoms with Gasteiger partial charge in [-0.2, -0.15) is 0 Å². The average Bonchev–Trinajstić information content (AvgIpc) is 2.83. The topological polar surface area (TPSA) is 88.5 Å². The first-order valence-corrected chi connectivity index (χ1v) is 10.2. The molecule has 1 atom stereocenters. The zero-order valence-electron chi connectivity index (χ0n) is 17.3. The summed E-state index contributed by atoms with van der Waals surface area (Å²) >= 11 is 0. The highest BCUT2D eigenvalue weighted by Gasteiger charge is 2.24. The number of hydrogen-bond acceptors (Lipinski definition) is 5. The third kappa shape index (κ3) is 5.29. The molecule has 4 aromatic rings. The van der Waals surface area contributed by atoms with Crippen molar-refractivity contribution in [3.8, 4) is 5.75 Å². The molecule has 0 fully saturated rings. The van der Waals surface area contributed by atoms with E-state index >= 15 is 0 Å². The Morgan fingerprint density at radius 1 is 0.875 bits per heavy atom. The number of ether oxygens (including phenoxy) is 1. The van der Waals surface area contributed by atoms with Crippen molar-refractivity contribution in [1.29, 1.82) is 0 Å². The van der Waals surface area contributed by atoms with Crippen LogP contribution in [0.4, 0.5) is 0 Å². The summed E-state index contributed by atoms with van der Waals surface area (Å²) in [7, 11) is 0. The number of amides is 1. The summed E-state index contributed by atoms with van der Waals surface area (Å²) in [5, 5.41) is 14.1. The highest BCUT2D eigenvalue weighted by Crippen LogP contribution is 2.15. The molecule has 0 aliphatic carbocycles. The normalized spacial score (nSPS) is 11.6. The molecule has 32 heavy (non-hydrogen) atoms. The molecule has 1 heterocycles. The third-order valence-electron chi connectivity index (χ3n) is 5.05. The van der Waals surface area contributed by atoms with Crippen LogP contribution in [0.15, 0.2) is 91.1 Å². The smallest absolute Gasteiger partial charge is 0.329 e. The van der Waals surface area contributed by atoms with E-state index in [0.717, 1.165) is 21.9 Å². The Morgan fingerprint density at radius 2 is 1.56 bits per heavy atom. The molecule has 0 aliphatic rings. The van der Waals surface area contributed by atoms with Crippen LogP contribution in [0.5, 0.6) is 5.75 Å². The van der Waals surface area contributed by atoms with E-state index in [9.17, 15) is 14.7 Å². The molecule has 4 rings (SSSR count). The van der Waals surface area contributed by atoms with E-state index in [1.807, 2.05) is 54.6 Å². The SMILES string of the molecule is O=C(N[C@@H](Cc1ccc(O)cc1)C(=O)OCc1ccccc1)c1cc2ccccc2cn1. The van der Waals surface area contributed by atoms with Crippen LogP contribution in [-0.2, 0) is 22.6 Å². The summed E-state index contributed by atoms with van der Waals surface area (Å²) in [5.74, 6) is -0.881. The van der Waals surface area contributed by atoms with Gasteiger partial charge in [0.25, 0.3) is 5.91 Å². The predicted molar refractivity (Wildman–Crippen MR) is 121 cm³/mol. The molecule has 2 N–H and O–H groups in total. The van der Waals surface area contributed by atoms with E-state index in [-0.39, 0.29) is 24.5 Å². The standard InChI is InChI=1S/C26H22N2O4/c29-22-12-10-18(11-13-22)14-24(26(31)32-17-19-6-2-1-3-7-19)28-25(30)23-15-20-8-4-5-9-21(20)16-27-23/h1-13,15-16,24,29H,14,17H2,(H,28,30)/t24-/m0/s1. The van der Waals surface area contributed by atoms with Crippen molar-refractivity contribution in [3.05, 3.63) is 108 Å². The third-order valence-corrected chi connectivity index (χ3v) is 5.05. The summed E-state index contributed by atoms with van der Waals surface area (Å²) in [6.45, 7) is 0.107. The molecular formula is C26H22N2O4. The number of carbonyl (C=O) groups excluding carboxylic acids is 2. The van der Waals surface area contributed by atoms with Gasteiger partial charge in [-0.3, -0.25) is 9.78 Å². The minimum Gasteiger partial charge on any atom is -0.508 e. The first-order chi connectivity index (χ1) is 15.6. The molecule has 0 aliphatic heterocycles. The van der Waals surface area contributed by atoms with E-state index in [1.165, 1.54) is 12.1 Å². The number of phenols is 1. The van der Waals surface area contributed by atoms with Gasteiger partial charge in [0.1, 0.15) is 24.1 Å². The molecule has 6 nitrogen and oxygen atoms in total. The Morgan fingerprint density at radius 3 is 2.31 bits per heavy atom. The zero-order valence-corrected chi connectivity index (χ0v) is 17.3. The number of pyridine rings is 1. The van der Waals surface area contributed by atoms with Crippen molar-refractivity contribution < 1.29 is 19.4 Å². The molecule has 160 valence electrons. The first-order valence-electron chi connectivity index (χ1n) is 10.2. The van der Waals surface area contributed by atoms with Gasteiger partial charge in [0.15, 0.2) is 0 Å². The highest BCUT2D eigenvalue weighted by atomic mass is 16.5. The minimum absolute atomic E-state index is 0.107. The second-order valence-electron chi connectivity index (χ2n) is 7.41. The molecule has 0 saturated heterocycles. The van der Waals surface area contributed by atoms with Gasteiger partial charge in [0, 0.05) is 18.0 Å². The number of rotatable bonds is 7. The second kappa shape index (κ2) is 9.75. The van der Waals surface area contributed by atoms with Crippen molar-refractivity contribution in [2.75, 3.05) is 0 Å². The summed E-state index contributed by atoms with van der Waals surface area (Å²) < 4.78 is 5.47. The number of esters is 1. The molecule has 6 heteroatoms. The second-order valence-corrected chi connectivity index (χ2v) is 7.41. The number of aromatic nitrogens is 1. The van der Waals surface area contributed by atoms with Gasteiger partial charge >= 0.3 is 5.97 Å². The van der Waals surface area contributed by atoms with Gasteiger partial charge in [0.05, 0.1) is 0 Å². The maximum Gasteiger partial charge on any atom is 0.329 e. The van der Waals surface area contributed by atoms with Gasteiger partial charge in [-0.05, 0) is 34.7 Å². The van der Waals surface area contributed by atoms with Gasteiger partial charge in [0.2, 0.25) is 0 Å². The summed E-state index contributed by atoms with van der Waals surface area (Å²) in [4.78, 5) is 30.0. The lowest BCUT2D eigenvalue weighted by atomic mass is 10.1. The largest absolute Gasteiger partial charge is 0.508 e. The number of aromatic hydroxyl groups is 1. The van der Waals surface area contributed by atoms with Gasteiger partial charge in [-0.25, -0.2) is 4.79 Å². The quantitative estimate of drug-likeness (QED) is 0.436. The average molecular weight is 426 g/mol. The lowest BCUT2D eigenvalue weighted by molar-refractivity contribution is -0.147. The zero-order chi connectivity index (χ0) is 22.3. The maximum absolute atomic E-state index is 12.9. The number of phenolic OH excluding ortho intramolecular Hbond substituents is 1. The van der Waals surface area contributed by atoms with E-state index in [2.05, 4.69) is 10.3 Å². The Labute approximate surface area is 185 Å². The minimum atomic E-state index is -0.913. The molecule has 3 aromatic carbocycles. The number of nitrogens with one attached hydrogen (secondary N) is 1. The highest BCUT2D eigenvalue weighted by molar-refractivity contribution is 5.98. The van der Waals surface area contributed by atoms with E-state index < -0.39 is 17.9 Å². The molecule has 1 amide bonds. The summed E-state index contributed by atoms with van der Waals surface area (Å²) in [6, 6.07) is 24.2. The van der Waals surface area contributed by atoms with Crippen LogP contribution in [0.2, 0.25) is 0 Å². The van der Waals surface area contributed by atoms with Crippen molar-refractivity contribution in [3.63, 3.8) is 0 Å².